The van der Waals surface area contributed by atoms with E-state index in [9.17, 15) is 19.5 Å². The molecule has 29 nitrogen and oxygen atoms in total. The molecule has 1 atom stereocenters. The Bertz CT molecular complexity index is 1380. The minimum atomic E-state index is -1.10. The summed E-state index contributed by atoms with van der Waals surface area (Å²) in [6.07, 6.45) is 2.83. The molecular weight excluding hydrogens is 1190 g/mol. The first-order valence-electron chi connectivity index (χ1n) is 32.1. The topological polar surface area (TPSA) is 305 Å². The highest BCUT2D eigenvalue weighted by Gasteiger charge is 2.19. The van der Waals surface area contributed by atoms with Crippen LogP contribution in [0.5, 0.6) is 0 Å². The first-order chi connectivity index (χ1) is 44.4. The van der Waals surface area contributed by atoms with E-state index < -0.39 is 17.9 Å². The van der Waals surface area contributed by atoms with Gasteiger partial charge in [0.1, 0.15) is 11.8 Å². The van der Waals surface area contributed by atoms with Crippen LogP contribution in [0.4, 0.5) is 0 Å². The van der Waals surface area contributed by atoms with Crippen LogP contribution in [0.3, 0.4) is 0 Å². The van der Waals surface area contributed by atoms with Crippen molar-refractivity contribution in [2.75, 3.05) is 318 Å². The summed E-state index contributed by atoms with van der Waals surface area (Å²) >= 11 is 0. The quantitative estimate of drug-likeness (QED) is 0.0827. The molecule has 0 aliphatic heterocycles. The Hall–Kier alpha value is -2.35. The third-order valence-corrected chi connectivity index (χ3v) is 11.4. The third-order valence-electron chi connectivity index (χ3n) is 11.4. The zero-order valence-electron chi connectivity index (χ0n) is 55.5. The van der Waals surface area contributed by atoms with Gasteiger partial charge in [-0.2, -0.15) is 0 Å². The number of methoxy groups -OCH3 is 2. The Kier molecular flexibility index (Phi) is 82.5. The molecular formula is C61H121NO28. The molecule has 0 aliphatic carbocycles. The Balaban J connectivity index is 0. The van der Waals surface area contributed by atoms with E-state index in [2.05, 4.69) is 5.32 Å². The molecule has 90 heavy (non-hydrogen) atoms. The second-order valence-corrected chi connectivity index (χ2v) is 18.7. The fourth-order valence-corrected chi connectivity index (χ4v) is 6.70. The molecule has 1 amide bonds. The van der Waals surface area contributed by atoms with Crippen molar-refractivity contribution in [1.82, 2.24) is 5.32 Å². The van der Waals surface area contributed by atoms with Crippen LogP contribution in [0.2, 0.25) is 0 Å². The number of carbonyl (C=O) groups is 3. The Morgan fingerprint density at radius 1 is 0.267 bits per heavy atom. The lowest BCUT2D eigenvalue weighted by Gasteiger charge is -2.14. The van der Waals surface area contributed by atoms with Crippen LogP contribution in [0, 0.1) is 0 Å². The minimum Gasteiger partial charge on any atom is -0.480 e. The molecule has 0 spiro atoms. The van der Waals surface area contributed by atoms with Gasteiger partial charge >= 0.3 is 5.97 Å². The molecule has 0 heterocycles. The number of carbonyl (C=O) groups excluding carboxylic acids is 2. The zero-order chi connectivity index (χ0) is 65.5. The predicted octanol–water partition coefficient (Wildman–Crippen LogP) is 2.54. The smallest absolute Gasteiger partial charge is 0.326 e. The lowest BCUT2D eigenvalue weighted by Crippen LogP contribution is -2.41. The molecule has 0 fully saturated rings. The number of carboxylic acids is 1. The number of aliphatic carboxylic acids is 1. The highest BCUT2D eigenvalue weighted by atomic mass is 16.6. The van der Waals surface area contributed by atoms with Crippen molar-refractivity contribution in [3.8, 4) is 0 Å². The fourth-order valence-electron chi connectivity index (χ4n) is 6.70. The Labute approximate surface area is 537 Å². The fraction of sp³-hybridized carbons (Fsp3) is 0.951. The van der Waals surface area contributed by atoms with Crippen molar-refractivity contribution in [2.45, 2.75) is 64.8 Å². The van der Waals surface area contributed by atoms with Gasteiger partial charge < -0.3 is 124 Å². The molecule has 29 heteroatoms. The van der Waals surface area contributed by atoms with Gasteiger partial charge in [0.05, 0.1) is 291 Å². The zero-order valence-corrected chi connectivity index (χ0v) is 55.5. The number of ketones is 1. The SMILES string of the molecule is CCOCCOC.CCOCCOCCOCCOCCOCCOCCOCCOCCOCCOCCC(=O)CCCCCC(NC(=O)CCOCCOCCOCCOCCOCCOCCOCCOCCOCCOCCOCCOC)C(=O)O. The Morgan fingerprint density at radius 2 is 0.478 bits per heavy atom. The maximum Gasteiger partial charge on any atom is 0.326 e. The van der Waals surface area contributed by atoms with E-state index in [4.69, 9.17) is 114 Å². The van der Waals surface area contributed by atoms with Crippen LogP contribution in [0.25, 0.3) is 0 Å². The number of hydrogen-bond acceptors (Lipinski definition) is 27. The summed E-state index contributed by atoms with van der Waals surface area (Å²) in [5.41, 5.74) is 0. The van der Waals surface area contributed by atoms with E-state index in [0.717, 1.165) is 6.61 Å². The van der Waals surface area contributed by atoms with Crippen LogP contribution < -0.4 is 5.32 Å². The van der Waals surface area contributed by atoms with Gasteiger partial charge in [-0.1, -0.05) is 12.8 Å². The monoisotopic (exact) mass is 1320 g/mol. The summed E-state index contributed by atoms with van der Waals surface area (Å²) in [6, 6.07) is -1.01. The second kappa shape index (κ2) is 82.7. The highest BCUT2D eigenvalue weighted by molar-refractivity contribution is 5.83. The molecule has 2 N–H and O–H groups in total. The van der Waals surface area contributed by atoms with E-state index >= 15 is 0 Å². The standard InChI is InChI=1S/C56H109NO26.C5H12O2/c1-3-63-15-16-67-23-24-71-31-32-75-39-40-79-47-48-80-43-41-76-35-33-72-27-25-68-19-17-64-11-9-53(58)7-5-4-6-8-54(56(60)61)57-55(59)10-12-65-18-20-69-26-28-73-34-36-77-42-44-81-49-50-83-52-51-82-46-45-78-38-37-74-30-29-70-22-21-66-14-13-62-2;1-3-7-5-4-6-2/h54H,3-52H2,1-2H3,(H,57,59)(H,60,61);3-5H2,1-2H3. The molecule has 0 aromatic carbocycles. The van der Waals surface area contributed by atoms with E-state index in [0.29, 0.717) is 316 Å². The molecule has 0 aromatic heterocycles. The summed E-state index contributed by atoms with van der Waals surface area (Å²) < 4.78 is 129. The van der Waals surface area contributed by atoms with Crippen LogP contribution in [-0.2, 0) is 128 Å². The molecule has 0 aromatic rings. The van der Waals surface area contributed by atoms with Crippen molar-refractivity contribution in [2.24, 2.45) is 0 Å². The van der Waals surface area contributed by atoms with Crippen molar-refractivity contribution in [3.05, 3.63) is 0 Å². The Morgan fingerprint density at radius 3 is 0.711 bits per heavy atom. The molecule has 0 aliphatic rings. The summed E-state index contributed by atoms with van der Waals surface area (Å²) in [4.78, 5) is 36.3. The van der Waals surface area contributed by atoms with E-state index in [1.165, 1.54) is 0 Å². The third kappa shape index (κ3) is 81.7. The normalized spacial score (nSPS) is 11.8. The average molecular weight is 1320 g/mol. The van der Waals surface area contributed by atoms with Crippen molar-refractivity contribution in [1.29, 1.82) is 0 Å². The van der Waals surface area contributed by atoms with Gasteiger partial charge in [-0.15, -0.1) is 0 Å². The minimum absolute atomic E-state index is 0.0249. The van der Waals surface area contributed by atoms with E-state index in [-0.39, 0.29) is 31.8 Å². The van der Waals surface area contributed by atoms with Gasteiger partial charge in [-0.3, -0.25) is 9.59 Å². The molecule has 1 unspecified atom stereocenters. The lowest BCUT2D eigenvalue weighted by molar-refractivity contribution is -0.142. The maximum absolute atomic E-state index is 12.3. The molecule has 0 bridgehead atoms. The molecule has 0 rings (SSSR count). The number of hydrogen-bond donors (Lipinski definition) is 2. The van der Waals surface area contributed by atoms with Crippen LogP contribution in [0.15, 0.2) is 0 Å². The number of ether oxygens (including phenoxy) is 24. The van der Waals surface area contributed by atoms with Gasteiger partial charge in [0, 0.05) is 46.7 Å². The van der Waals surface area contributed by atoms with Gasteiger partial charge in [0.2, 0.25) is 5.91 Å². The average Bonchev–Trinajstić information content (AvgIpc) is 3.73. The van der Waals surface area contributed by atoms with Crippen LogP contribution in [0.1, 0.15) is 58.8 Å². The molecule has 0 saturated heterocycles. The van der Waals surface area contributed by atoms with Crippen LogP contribution >= 0.6 is 0 Å². The van der Waals surface area contributed by atoms with Crippen molar-refractivity contribution < 1.29 is 133 Å². The number of carboxylic acid groups (broad SMARTS) is 1. The number of unbranched alkanes of at least 4 members (excludes halogenated alkanes) is 2. The van der Waals surface area contributed by atoms with Crippen molar-refractivity contribution in [3.63, 3.8) is 0 Å². The molecule has 538 valence electrons. The maximum atomic E-state index is 12.3. The van der Waals surface area contributed by atoms with Gasteiger partial charge in [-0.25, -0.2) is 4.79 Å². The number of amides is 1. The van der Waals surface area contributed by atoms with Crippen LogP contribution in [-0.4, -0.2) is 347 Å². The van der Waals surface area contributed by atoms with Gasteiger partial charge in [0.15, 0.2) is 0 Å². The first-order valence-corrected chi connectivity index (χ1v) is 32.1. The summed E-state index contributed by atoms with van der Waals surface area (Å²) in [7, 11) is 3.30. The predicted molar refractivity (Wildman–Crippen MR) is 330 cm³/mol. The number of rotatable bonds is 79. The largest absolute Gasteiger partial charge is 0.480 e. The summed E-state index contributed by atoms with van der Waals surface area (Å²) in [5.74, 6) is -1.43. The highest BCUT2D eigenvalue weighted by Crippen LogP contribution is 2.08. The summed E-state index contributed by atoms with van der Waals surface area (Å²) in [5, 5.41) is 12.1. The first kappa shape index (κ1) is 89.7. The van der Waals surface area contributed by atoms with Gasteiger partial charge in [0.25, 0.3) is 0 Å². The molecule has 0 saturated carbocycles. The van der Waals surface area contributed by atoms with E-state index in [1.807, 2.05) is 13.8 Å². The number of Topliss-reactive ketones (excluding diaryl/α,β-unsaturated/α-hetero) is 1. The summed E-state index contributed by atoms with van der Waals surface area (Å²) in [6.45, 7) is 26.1. The van der Waals surface area contributed by atoms with Gasteiger partial charge in [-0.05, 0) is 26.7 Å². The lowest BCUT2D eigenvalue weighted by atomic mass is 10.0. The number of nitrogens with one attached hydrogen (secondary N) is 1. The second-order valence-electron chi connectivity index (χ2n) is 18.7. The van der Waals surface area contributed by atoms with E-state index in [1.54, 1.807) is 14.2 Å². The molecule has 0 radical (unpaired) electrons. The van der Waals surface area contributed by atoms with Crippen molar-refractivity contribution >= 4 is 17.7 Å².